The quantitative estimate of drug-likeness (QED) is 0.415. The van der Waals surface area contributed by atoms with Gasteiger partial charge in [-0.25, -0.2) is 0 Å². The van der Waals surface area contributed by atoms with Crippen LogP contribution in [0.3, 0.4) is 0 Å². The van der Waals surface area contributed by atoms with E-state index in [0.717, 1.165) is 0 Å². The largest absolute Gasteiger partial charge is 0.495 e. The Kier molecular flexibility index (Phi) is 6.12. The Hall–Kier alpha value is -2.88. The second-order valence-corrected chi connectivity index (χ2v) is 5.67. The maximum Gasteiger partial charge on any atom is 0.267 e. The first-order valence-corrected chi connectivity index (χ1v) is 7.77. The van der Waals surface area contributed by atoms with E-state index in [-0.39, 0.29) is 5.57 Å². The number of benzene rings is 2. The van der Waals surface area contributed by atoms with Crippen molar-refractivity contribution in [3.8, 4) is 11.8 Å². The summed E-state index contributed by atoms with van der Waals surface area (Å²) in [5.41, 5.74) is 6.96. The first-order chi connectivity index (χ1) is 11.9. The lowest BCUT2D eigenvalue weighted by Crippen LogP contribution is -2.14. The zero-order valence-electron chi connectivity index (χ0n) is 13.1. The first-order valence-electron chi connectivity index (χ1n) is 7.01. The van der Waals surface area contributed by atoms with Crippen LogP contribution in [0.15, 0.2) is 48.2 Å². The van der Waals surface area contributed by atoms with E-state index in [2.05, 4.69) is 10.6 Å². The van der Waals surface area contributed by atoms with E-state index < -0.39 is 5.91 Å². The van der Waals surface area contributed by atoms with Crippen LogP contribution in [0.1, 0.15) is 0 Å². The van der Waals surface area contributed by atoms with Crippen LogP contribution in [-0.4, -0.2) is 13.0 Å². The van der Waals surface area contributed by atoms with Gasteiger partial charge in [-0.2, -0.15) is 5.26 Å². The summed E-state index contributed by atoms with van der Waals surface area (Å²) in [4.78, 5) is 12.2. The van der Waals surface area contributed by atoms with Gasteiger partial charge in [0.05, 0.1) is 22.8 Å². The Morgan fingerprint density at radius 2 is 1.88 bits per heavy atom. The highest BCUT2D eigenvalue weighted by molar-refractivity contribution is 6.33. The number of hydrogen-bond donors (Lipinski definition) is 3. The Morgan fingerprint density at radius 3 is 2.48 bits per heavy atom. The van der Waals surface area contributed by atoms with Gasteiger partial charge >= 0.3 is 0 Å². The van der Waals surface area contributed by atoms with E-state index in [0.29, 0.717) is 32.9 Å². The smallest absolute Gasteiger partial charge is 0.267 e. The average Bonchev–Trinajstić information content (AvgIpc) is 2.58. The molecule has 0 aromatic heterocycles. The number of carbonyl (C=O) groups excluding carboxylic acids is 1. The number of anilines is 3. The topological polar surface area (TPSA) is 100 Å². The van der Waals surface area contributed by atoms with E-state index in [1.807, 2.05) is 6.07 Å². The number of nitrogens with two attached hydrogens (primary N) is 1. The number of nitriles is 1. The lowest BCUT2D eigenvalue weighted by atomic mass is 10.2. The van der Waals surface area contributed by atoms with Crippen LogP contribution in [0.5, 0.6) is 5.75 Å². The van der Waals surface area contributed by atoms with E-state index in [9.17, 15) is 10.1 Å². The van der Waals surface area contributed by atoms with Crippen LogP contribution in [0, 0.1) is 11.3 Å². The minimum atomic E-state index is -0.585. The Bertz CT molecular complexity index is 875. The Morgan fingerprint density at radius 1 is 1.20 bits per heavy atom. The predicted molar refractivity (Wildman–Crippen MR) is 99.8 cm³/mol. The fraction of sp³-hybridized carbons (Fsp3) is 0.0588. The van der Waals surface area contributed by atoms with Crippen LogP contribution < -0.4 is 21.1 Å². The summed E-state index contributed by atoms with van der Waals surface area (Å²) in [5, 5.41) is 15.3. The predicted octanol–water partition coefficient (Wildman–Crippen LogP) is 4.04. The number of carbonyl (C=O) groups is 1. The minimum Gasteiger partial charge on any atom is -0.495 e. The third kappa shape index (κ3) is 4.80. The van der Waals surface area contributed by atoms with Crippen molar-refractivity contribution >= 4 is 46.2 Å². The van der Waals surface area contributed by atoms with Gasteiger partial charge in [0.2, 0.25) is 0 Å². The normalized spacial score (nSPS) is 10.7. The van der Waals surface area contributed by atoms with Gasteiger partial charge in [-0.3, -0.25) is 4.79 Å². The highest BCUT2D eigenvalue weighted by Crippen LogP contribution is 2.27. The van der Waals surface area contributed by atoms with E-state index in [1.54, 1.807) is 30.3 Å². The maximum atomic E-state index is 12.2. The van der Waals surface area contributed by atoms with Crippen molar-refractivity contribution in [1.29, 1.82) is 5.26 Å². The van der Waals surface area contributed by atoms with Crippen LogP contribution in [-0.2, 0) is 4.79 Å². The number of halogens is 2. The van der Waals surface area contributed by atoms with Crippen molar-refractivity contribution in [3.63, 3.8) is 0 Å². The number of nitrogens with one attached hydrogen (secondary N) is 2. The molecule has 0 bridgehead atoms. The zero-order chi connectivity index (χ0) is 18.4. The minimum absolute atomic E-state index is 0.125. The molecule has 1 amide bonds. The average molecular weight is 377 g/mol. The highest BCUT2D eigenvalue weighted by Gasteiger charge is 2.11. The van der Waals surface area contributed by atoms with Crippen molar-refractivity contribution in [3.05, 3.63) is 58.2 Å². The maximum absolute atomic E-state index is 12.2. The molecule has 0 radical (unpaired) electrons. The third-order valence-electron chi connectivity index (χ3n) is 3.16. The van der Waals surface area contributed by atoms with Crippen LogP contribution >= 0.6 is 23.2 Å². The molecule has 25 heavy (non-hydrogen) atoms. The van der Waals surface area contributed by atoms with Crippen LogP contribution in [0.25, 0.3) is 0 Å². The summed E-state index contributed by atoms with van der Waals surface area (Å²) in [6, 6.07) is 11.5. The summed E-state index contributed by atoms with van der Waals surface area (Å²) in [6.07, 6.45) is 1.28. The summed E-state index contributed by atoms with van der Waals surface area (Å²) in [5.74, 6) is -0.101. The molecule has 0 atom stereocenters. The molecule has 8 heteroatoms. The number of ether oxygens (including phenoxy) is 1. The fourth-order valence-electron chi connectivity index (χ4n) is 1.86. The number of methoxy groups -OCH3 is 1. The van der Waals surface area contributed by atoms with E-state index in [1.165, 1.54) is 19.4 Å². The molecule has 2 aromatic rings. The van der Waals surface area contributed by atoms with Gasteiger partial charge in [0.1, 0.15) is 17.4 Å². The van der Waals surface area contributed by atoms with Crippen molar-refractivity contribution in [2.75, 3.05) is 23.5 Å². The Labute approximate surface area is 154 Å². The van der Waals surface area contributed by atoms with E-state index >= 15 is 0 Å². The molecule has 4 N–H and O–H groups in total. The van der Waals surface area contributed by atoms with Crippen molar-refractivity contribution in [2.24, 2.45) is 0 Å². The summed E-state index contributed by atoms with van der Waals surface area (Å²) >= 11 is 11.9. The number of rotatable bonds is 5. The molecule has 0 heterocycles. The van der Waals surface area contributed by atoms with Gasteiger partial charge in [-0.15, -0.1) is 0 Å². The Balaban J connectivity index is 2.11. The second-order valence-electron chi connectivity index (χ2n) is 4.85. The molecule has 0 aliphatic rings. The van der Waals surface area contributed by atoms with Crippen LogP contribution in [0.2, 0.25) is 10.0 Å². The van der Waals surface area contributed by atoms with Crippen molar-refractivity contribution < 1.29 is 9.53 Å². The summed E-state index contributed by atoms with van der Waals surface area (Å²) in [7, 11) is 1.49. The molecule has 0 saturated carbocycles. The molecule has 128 valence electrons. The molecular formula is C17H14Cl2N4O2. The molecule has 0 spiro atoms. The first kappa shape index (κ1) is 18.5. The third-order valence-corrected chi connectivity index (χ3v) is 3.78. The van der Waals surface area contributed by atoms with Crippen LogP contribution in [0.4, 0.5) is 17.1 Å². The van der Waals surface area contributed by atoms with Crippen molar-refractivity contribution in [1.82, 2.24) is 0 Å². The van der Waals surface area contributed by atoms with Gasteiger partial charge in [0.25, 0.3) is 5.91 Å². The monoisotopic (exact) mass is 376 g/mol. The zero-order valence-corrected chi connectivity index (χ0v) is 14.7. The molecule has 0 fully saturated rings. The molecule has 0 unspecified atom stereocenters. The molecule has 6 nitrogen and oxygen atoms in total. The lowest BCUT2D eigenvalue weighted by Gasteiger charge is -2.08. The lowest BCUT2D eigenvalue weighted by molar-refractivity contribution is -0.112. The number of nitrogen functional groups attached to an aromatic ring is 1. The van der Waals surface area contributed by atoms with Gasteiger partial charge in [-0.05, 0) is 36.4 Å². The van der Waals surface area contributed by atoms with Gasteiger partial charge in [0.15, 0.2) is 0 Å². The number of nitrogens with zero attached hydrogens (tertiary/aromatic N) is 1. The fourth-order valence-corrected chi connectivity index (χ4v) is 2.30. The standard InChI is InChI=1S/C17H14Cl2N4O2/c1-25-16-5-3-12(7-14(16)19)23-17(24)10(8-20)9-22-11-2-4-15(21)13(18)6-11/h2-7,9,22H,21H2,1H3,(H,23,24)/b10-9-. The molecule has 2 rings (SSSR count). The highest BCUT2D eigenvalue weighted by atomic mass is 35.5. The van der Waals surface area contributed by atoms with Gasteiger partial charge < -0.3 is 21.1 Å². The number of amides is 1. The summed E-state index contributed by atoms with van der Waals surface area (Å²) < 4.78 is 5.04. The second kappa shape index (κ2) is 8.29. The molecule has 0 saturated heterocycles. The molecule has 2 aromatic carbocycles. The molecule has 0 aliphatic heterocycles. The SMILES string of the molecule is COc1ccc(NC(=O)/C(C#N)=C\Nc2ccc(N)c(Cl)c2)cc1Cl. The summed E-state index contributed by atoms with van der Waals surface area (Å²) in [6.45, 7) is 0. The molecular weight excluding hydrogens is 363 g/mol. The van der Waals surface area contributed by atoms with Crippen molar-refractivity contribution in [2.45, 2.75) is 0 Å². The molecule has 0 aliphatic carbocycles. The van der Waals surface area contributed by atoms with Gasteiger partial charge in [-0.1, -0.05) is 23.2 Å². The van der Waals surface area contributed by atoms with E-state index in [4.69, 9.17) is 33.7 Å². The number of hydrogen-bond acceptors (Lipinski definition) is 5. The van der Waals surface area contributed by atoms with Gasteiger partial charge in [0, 0.05) is 17.6 Å².